The van der Waals surface area contributed by atoms with E-state index in [1.54, 1.807) is 23.1 Å². The number of aliphatic imine (C=N–C) groups is 1. The maximum Gasteiger partial charge on any atom is 0.271 e. The molecule has 0 aromatic carbocycles. The second-order valence-corrected chi connectivity index (χ2v) is 9.07. The summed E-state index contributed by atoms with van der Waals surface area (Å²) in [5.41, 5.74) is 1.77. The number of hydrogen-bond acceptors (Lipinski definition) is 5. The predicted molar refractivity (Wildman–Crippen MR) is 99.9 cm³/mol. The van der Waals surface area contributed by atoms with Crippen molar-refractivity contribution in [3.63, 3.8) is 0 Å². The quantitative estimate of drug-likeness (QED) is 0.867. The summed E-state index contributed by atoms with van der Waals surface area (Å²) >= 11 is 3.32. The van der Waals surface area contributed by atoms with Gasteiger partial charge in [-0.15, -0.1) is 0 Å². The topological polar surface area (TPSA) is 59.4 Å². The second-order valence-electron chi connectivity index (χ2n) is 6.99. The number of thioether (sulfide) groups is 1. The molecule has 0 saturated carbocycles. The summed E-state index contributed by atoms with van der Waals surface area (Å²) in [5.74, 6) is 0.801. The van der Waals surface area contributed by atoms with Crippen LogP contribution in [0.2, 0.25) is 0 Å². The first-order valence-corrected chi connectivity index (χ1v) is 9.99. The van der Waals surface area contributed by atoms with Gasteiger partial charge in [-0.2, -0.15) is 11.3 Å². The molecule has 0 radical (unpaired) electrons. The van der Waals surface area contributed by atoms with Gasteiger partial charge in [0.25, 0.3) is 5.56 Å². The standard InChI is InChI=1S/C17H21N3O2S2/c1-10-18-15-13(14(24-10)11-5-7-23-9-11)16(21)19-20(15)12-4-6-22-17(2,3)8-12/h5,7,9,12,14H,4,6,8H2,1-3H3,(H,19,21)/t12-,14-/m1/s1. The lowest BCUT2D eigenvalue weighted by molar-refractivity contribution is -0.0705. The van der Waals surface area contributed by atoms with E-state index in [9.17, 15) is 4.79 Å². The minimum Gasteiger partial charge on any atom is -0.375 e. The van der Waals surface area contributed by atoms with Crippen LogP contribution in [0.5, 0.6) is 0 Å². The fraction of sp³-hybridized carbons (Fsp3) is 0.529. The number of rotatable bonds is 2. The van der Waals surface area contributed by atoms with Crippen LogP contribution < -0.4 is 5.56 Å². The van der Waals surface area contributed by atoms with Crippen LogP contribution in [0.4, 0.5) is 5.82 Å². The summed E-state index contributed by atoms with van der Waals surface area (Å²) < 4.78 is 7.82. The van der Waals surface area contributed by atoms with E-state index in [2.05, 4.69) is 35.8 Å². The minimum absolute atomic E-state index is 0.0192. The molecule has 24 heavy (non-hydrogen) atoms. The lowest BCUT2D eigenvalue weighted by Gasteiger charge is -2.36. The van der Waals surface area contributed by atoms with Crippen LogP contribution in [-0.2, 0) is 4.74 Å². The molecule has 0 bridgehead atoms. The summed E-state index contributed by atoms with van der Waals surface area (Å²) in [6.45, 7) is 6.93. The lowest BCUT2D eigenvalue weighted by Crippen LogP contribution is -2.35. The first-order chi connectivity index (χ1) is 11.4. The van der Waals surface area contributed by atoms with Crippen LogP contribution in [0.25, 0.3) is 0 Å². The number of nitrogens with zero attached hydrogens (tertiary/aromatic N) is 2. The Balaban J connectivity index is 1.80. The molecular weight excluding hydrogens is 342 g/mol. The molecule has 4 heterocycles. The average Bonchev–Trinajstić information content (AvgIpc) is 3.14. The van der Waals surface area contributed by atoms with Crippen molar-refractivity contribution in [2.75, 3.05) is 6.61 Å². The molecule has 5 nitrogen and oxygen atoms in total. The molecule has 2 aromatic heterocycles. The van der Waals surface area contributed by atoms with Crippen LogP contribution in [0, 0.1) is 0 Å². The number of nitrogens with one attached hydrogen (secondary N) is 1. The van der Waals surface area contributed by atoms with E-state index < -0.39 is 0 Å². The number of aromatic nitrogens is 2. The zero-order chi connectivity index (χ0) is 16.9. The van der Waals surface area contributed by atoms with Gasteiger partial charge in [0.1, 0.15) is 0 Å². The molecule has 0 aliphatic carbocycles. The molecule has 0 amide bonds. The molecule has 0 spiro atoms. The Morgan fingerprint density at radius 3 is 3.00 bits per heavy atom. The van der Waals surface area contributed by atoms with Gasteiger partial charge in [0.05, 0.1) is 27.5 Å². The van der Waals surface area contributed by atoms with E-state index in [1.165, 1.54) is 5.56 Å². The number of fused-ring (bicyclic) bond motifs is 1. The predicted octanol–water partition coefficient (Wildman–Crippen LogP) is 4.25. The SMILES string of the molecule is CC1=Nc2c(c(=O)[nH]n2[C@@H]2CCOC(C)(C)C2)[C@@H](c2ccsc2)S1. The number of aromatic amines is 1. The summed E-state index contributed by atoms with van der Waals surface area (Å²) in [4.78, 5) is 17.4. The molecule has 128 valence electrons. The van der Waals surface area contributed by atoms with Gasteiger partial charge in [0.2, 0.25) is 0 Å². The van der Waals surface area contributed by atoms with Crippen molar-refractivity contribution in [2.45, 2.75) is 50.5 Å². The first kappa shape index (κ1) is 16.2. The molecule has 1 N–H and O–H groups in total. The van der Waals surface area contributed by atoms with E-state index in [1.807, 2.05) is 11.6 Å². The number of H-pyrrole nitrogens is 1. The van der Waals surface area contributed by atoms with Gasteiger partial charge in [0, 0.05) is 6.61 Å². The Bertz CT molecular complexity index is 833. The van der Waals surface area contributed by atoms with Crippen molar-refractivity contribution >= 4 is 34.0 Å². The maximum atomic E-state index is 12.7. The zero-order valence-corrected chi connectivity index (χ0v) is 15.7. The molecule has 2 aromatic rings. The molecule has 7 heteroatoms. The van der Waals surface area contributed by atoms with Crippen molar-refractivity contribution in [1.82, 2.24) is 9.78 Å². The number of thiophene rings is 1. The molecule has 2 aliphatic rings. The third-order valence-electron chi connectivity index (χ3n) is 4.63. The number of hydrogen-bond donors (Lipinski definition) is 1. The van der Waals surface area contributed by atoms with Crippen LogP contribution in [-0.4, -0.2) is 27.0 Å². The second kappa shape index (κ2) is 5.89. The van der Waals surface area contributed by atoms with E-state index in [0.29, 0.717) is 6.61 Å². The number of ether oxygens (including phenoxy) is 1. The van der Waals surface area contributed by atoms with Crippen LogP contribution >= 0.6 is 23.1 Å². The molecule has 1 saturated heterocycles. The minimum atomic E-state index is -0.175. The largest absolute Gasteiger partial charge is 0.375 e. The fourth-order valence-electron chi connectivity index (χ4n) is 3.55. The smallest absolute Gasteiger partial charge is 0.271 e. The Morgan fingerprint density at radius 1 is 1.46 bits per heavy atom. The van der Waals surface area contributed by atoms with E-state index >= 15 is 0 Å². The van der Waals surface area contributed by atoms with Gasteiger partial charge in [-0.25, -0.2) is 4.99 Å². The first-order valence-electron chi connectivity index (χ1n) is 8.17. The Labute approximate surface area is 149 Å². The highest BCUT2D eigenvalue weighted by Gasteiger charge is 2.35. The molecule has 2 atom stereocenters. The summed E-state index contributed by atoms with van der Waals surface area (Å²) in [6, 6.07) is 2.31. The van der Waals surface area contributed by atoms with E-state index in [0.717, 1.165) is 29.3 Å². The third kappa shape index (κ3) is 2.78. The van der Waals surface area contributed by atoms with Crippen molar-refractivity contribution in [3.8, 4) is 0 Å². The van der Waals surface area contributed by atoms with Crippen LogP contribution in [0.1, 0.15) is 56.0 Å². The molecular formula is C17H21N3O2S2. The molecule has 2 aliphatic heterocycles. The third-order valence-corrected chi connectivity index (χ3v) is 6.51. The Kier molecular flexibility index (Phi) is 3.97. The lowest BCUT2D eigenvalue weighted by atomic mass is 9.94. The summed E-state index contributed by atoms with van der Waals surface area (Å²) in [7, 11) is 0. The Morgan fingerprint density at radius 2 is 2.29 bits per heavy atom. The summed E-state index contributed by atoms with van der Waals surface area (Å²) in [6.07, 6.45) is 1.76. The van der Waals surface area contributed by atoms with Crippen LogP contribution in [0.3, 0.4) is 0 Å². The monoisotopic (exact) mass is 363 g/mol. The van der Waals surface area contributed by atoms with Gasteiger partial charge >= 0.3 is 0 Å². The van der Waals surface area contributed by atoms with Gasteiger partial charge < -0.3 is 4.74 Å². The normalized spacial score (nSPS) is 26.0. The van der Waals surface area contributed by atoms with Gasteiger partial charge in [-0.05, 0) is 56.0 Å². The highest BCUT2D eigenvalue weighted by molar-refractivity contribution is 8.14. The molecule has 1 fully saturated rings. The zero-order valence-electron chi connectivity index (χ0n) is 14.0. The highest BCUT2D eigenvalue weighted by Crippen LogP contribution is 2.45. The maximum absolute atomic E-state index is 12.7. The average molecular weight is 364 g/mol. The Hall–Kier alpha value is -1.31. The fourth-order valence-corrected chi connectivity index (χ4v) is 5.42. The van der Waals surface area contributed by atoms with Crippen molar-refractivity contribution < 1.29 is 4.74 Å². The van der Waals surface area contributed by atoms with E-state index in [-0.39, 0.29) is 22.5 Å². The van der Waals surface area contributed by atoms with Gasteiger partial charge in [-0.1, -0.05) is 11.8 Å². The molecule has 0 unspecified atom stereocenters. The van der Waals surface area contributed by atoms with Crippen molar-refractivity contribution in [1.29, 1.82) is 0 Å². The highest BCUT2D eigenvalue weighted by atomic mass is 32.2. The van der Waals surface area contributed by atoms with Crippen LogP contribution in [0.15, 0.2) is 26.6 Å². The van der Waals surface area contributed by atoms with Crippen molar-refractivity contribution in [2.24, 2.45) is 4.99 Å². The van der Waals surface area contributed by atoms with Gasteiger partial charge in [0.15, 0.2) is 5.82 Å². The summed E-state index contributed by atoms with van der Waals surface area (Å²) in [5, 5.41) is 8.27. The molecule has 4 rings (SSSR count). The van der Waals surface area contributed by atoms with Gasteiger partial charge in [-0.3, -0.25) is 14.6 Å². The van der Waals surface area contributed by atoms with E-state index in [4.69, 9.17) is 9.73 Å². The van der Waals surface area contributed by atoms with Crippen molar-refractivity contribution in [3.05, 3.63) is 38.3 Å².